The highest BCUT2D eigenvalue weighted by molar-refractivity contribution is 7.80. The number of hydrogen-bond acceptors (Lipinski definition) is 4. The lowest BCUT2D eigenvalue weighted by Crippen LogP contribution is -2.43. The third-order valence-corrected chi connectivity index (χ3v) is 5.32. The van der Waals surface area contributed by atoms with Crippen molar-refractivity contribution >= 4 is 40.3 Å². The minimum absolute atomic E-state index is 0.312. The van der Waals surface area contributed by atoms with Gasteiger partial charge in [-0.05, 0) is 48.3 Å². The summed E-state index contributed by atoms with van der Waals surface area (Å²) in [6.45, 7) is 4.21. The van der Waals surface area contributed by atoms with Crippen LogP contribution in [-0.4, -0.2) is 16.0 Å². The zero-order valence-electron chi connectivity index (χ0n) is 15.8. The second kappa shape index (κ2) is 9.43. The minimum Gasteiger partial charge on any atom is -0.331 e. The lowest BCUT2D eigenvalue weighted by atomic mass is 10.1. The van der Waals surface area contributed by atoms with Crippen molar-refractivity contribution in [3.8, 4) is 10.6 Å². The average Bonchev–Trinajstić information content (AvgIpc) is 3.22. The molecule has 0 saturated heterocycles. The molecule has 0 aliphatic rings. The van der Waals surface area contributed by atoms with E-state index in [0.29, 0.717) is 10.8 Å². The molecular formula is C21H22N4OS2. The number of amides is 1. The van der Waals surface area contributed by atoms with Crippen molar-refractivity contribution < 1.29 is 4.79 Å². The van der Waals surface area contributed by atoms with Crippen molar-refractivity contribution in [3.05, 3.63) is 70.7 Å². The van der Waals surface area contributed by atoms with Gasteiger partial charge in [0.25, 0.3) is 5.91 Å². The second-order valence-electron chi connectivity index (χ2n) is 6.18. The molecule has 0 bridgehead atoms. The molecule has 0 unspecified atom stereocenters. The first-order valence-corrected chi connectivity index (χ1v) is 10.4. The predicted octanol–water partition coefficient (Wildman–Crippen LogP) is 4.57. The Balaban J connectivity index is 1.56. The molecule has 1 aromatic heterocycles. The Kier molecular flexibility index (Phi) is 6.73. The van der Waals surface area contributed by atoms with Crippen LogP contribution in [0.15, 0.2) is 53.9 Å². The van der Waals surface area contributed by atoms with Crippen molar-refractivity contribution in [1.82, 2.24) is 15.8 Å². The summed E-state index contributed by atoms with van der Waals surface area (Å²) < 4.78 is 0. The molecule has 0 spiro atoms. The molecule has 0 aliphatic heterocycles. The van der Waals surface area contributed by atoms with Crippen LogP contribution in [0.3, 0.4) is 0 Å². The van der Waals surface area contributed by atoms with Gasteiger partial charge in [-0.15, -0.1) is 11.3 Å². The Morgan fingerprint density at radius 1 is 1.04 bits per heavy atom. The molecule has 7 heteroatoms. The molecule has 0 radical (unpaired) electrons. The first kappa shape index (κ1) is 20.0. The highest BCUT2D eigenvalue weighted by Gasteiger charge is 2.12. The number of benzene rings is 2. The first-order chi connectivity index (χ1) is 13.6. The zero-order valence-corrected chi connectivity index (χ0v) is 17.4. The number of aromatic nitrogens is 1. The average molecular weight is 411 g/mol. The highest BCUT2D eigenvalue weighted by atomic mass is 32.1. The van der Waals surface area contributed by atoms with Crippen molar-refractivity contribution in [2.45, 2.75) is 26.7 Å². The molecule has 1 amide bonds. The van der Waals surface area contributed by atoms with E-state index in [-0.39, 0.29) is 5.91 Å². The van der Waals surface area contributed by atoms with Crippen LogP contribution in [-0.2, 0) is 12.8 Å². The maximum absolute atomic E-state index is 12.3. The lowest BCUT2D eigenvalue weighted by molar-refractivity contribution is 0.0940. The van der Waals surface area contributed by atoms with Gasteiger partial charge in [-0.3, -0.25) is 15.6 Å². The van der Waals surface area contributed by atoms with Gasteiger partial charge in [0.05, 0.1) is 0 Å². The van der Waals surface area contributed by atoms with Crippen molar-refractivity contribution in [2.75, 3.05) is 5.32 Å². The van der Waals surface area contributed by atoms with Crippen LogP contribution in [0.4, 0.5) is 5.69 Å². The third kappa shape index (κ3) is 5.15. The number of aryl methyl sites for hydroxylation is 2. The molecule has 5 nitrogen and oxygen atoms in total. The van der Waals surface area contributed by atoms with Crippen LogP contribution in [0, 0.1) is 0 Å². The van der Waals surface area contributed by atoms with E-state index in [4.69, 9.17) is 12.2 Å². The van der Waals surface area contributed by atoms with Gasteiger partial charge < -0.3 is 5.32 Å². The van der Waals surface area contributed by atoms with Crippen LogP contribution in [0.2, 0.25) is 0 Å². The van der Waals surface area contributed by atoms with Gasteiger partial charge in [-0.25, -0.2) is 4.98 Å². The summed E-state index contributed by atoms with van der Waals surface area (Å²) in [7, 11) is 0. The second-order valence-corrected chi connectivity index (χ2v) is 7.44. The van der Waals surface area contributed by atoms with Gasteiger partial charge in [0, 0.05) is 16.6 Å². The molecule has 0 saturated carbocycles. The number of hydrogen-bond donors (Lipinski definition) is 3. The molecule has 0 aliphatic carbocycles. The maximum atomic E-state index is 12.3. The Hall–Kier alpha value is -2.77. The fraction of sp³-hybridized carbons (Fsp3) is 0.190. The summed E-state index contributed by atoms with van der Waals surface area (Å²) in [6, 6.07) is 16.2. The van der Waals surface area contributed by atoms with E-state index in [1.807, 2.05) is 30.3 Å². The summed E-state index contributed by atoms with van der Waals surface area (Å²) >= 11 is 6.67. The van der Waals surface area contributed by atoms with E-state index >= 15 is 0 Å². The quantitative estimate of drug-likeness (QED) is 0.425. The van der Waals surface area contributed by atoms with Crippen molar-refractivity contribution in [1.29, 1.82) is 0 Å². The molecule has 3 rings (SSSR count). The number of thiazole rings is 1. The molecule has 1 heterocycles. The van der Waals surface area contributed by atoms with E-state index in [1.165, 1.54) is 22.5 Å². The summed E-state index contributed by atoms with van der Waals surface area (Å²) in [6.07, 6.45) is 1.94. The molecule has 0 atom stereocenters. The number of rotatable bonds is 5. The number of nitrogens with zero attached hydrogens (tertiary/aromatic N) is 1. The van der Waals surface area contributed by atoms with Crippen LogP contribution >= 0.6 is 23.6 Å². The number of hydrazine groups is 1. The number of carbonyl (C=O) groups is 1. The smallest absolute Gasteiger partial charge is 0.289 e. The first-order valence-electron chi connectivity index (χ1n) is 9.10. The topological polar surface area (TPSA) is 66.0 Å². The van der Waals surface area contributed by atoms with Gasteiger partial charge >= 0.3 is 0 Å². The normalized spacial score (nSPS) is 10.4. The Labute approximate surface area is 174 Å². The SMILES string of the molecule is CCc1ccc(-c2nc(C(=O)NNC(=S)Nc3cccc(CC)c3)cs2)cc1. The number of carbonyl (C=O) groups excluding carboxylic acids is 1. The predicted molar refractivity (Wildman–Crippen MR) is 120 cm³/mol. The molecule has 3 N–H and O–H groups in total. The maximum Gasteiger partial charge on any atom is 0.289 e. The summed E-state index contributed by atoms with van der Waals surface area (Å²) in [5.74, 6) is -0.334. The van der Waals surface area contributed by atoms with Gasteiger partial charge in [-0.2, -0.15) is 0 Å². The molecule has 28 heavy (non-hydrogen) atoms. The van der Waals surface area contributed by atoms with Gasteiger partial charge in [0.15, 0.2) is 5.11 Å². The van der Waals surface area contributed by atoms with E-state index in [2.05, 4.69) is 53.2 Å². The largest absolute Gasteiger partial charge is 0.331 e. The van der Waals surface area contributed by atoms with E-state index in [9.17, 15) is 4.79 Å². The fourth-order valence-corrected chi connectivity index (χ4v) is 3.58. The summed E-state index contributed by atoms with van der Waals surface area (Å²) in [5.41, 5.74) is 10.0. The summed E-state index contributed by atoms with van der Waals surface area (Å²) in [5, 5.41) is 5.91. The number of nitrogens with one attached hydrogen (secondary N) is 3. The van der Waals surface area contributed by atoms with Gasteiger partial charge in [-0.1, -0.05) is 50.2 Å². The van der Waals surface area contributed by atoms with Crippen LogP contribution < -0.4 is 16.2 Å². The van der Waals surface area contributed by atoms with Crippen LogP contribution in [0.5, 0.6) is 0 Å². The van der Waals surface area contributed by atoms with Gasteiger partial charge in [0.2, 0.25) is 0 Å². The third-order valence-electron chi connectivity index (χ3n) is 4.23. The van der Waals surface area contributed by atoms with Crippen LogP contribution in [0.25, 0.3) is 10.6 Å². The Bertz CT molecular complexity index is 967. The van der Waals surface area contributed by atoms with E-state index in [1.54, 1.807) is 5.38 Å². The van der Waals surface area contributed by atoms with Crippen LogP contribution in [0.1, 0.15) is 35.5 Å². The Morgan fingerprint density at radius 2 is 1.79 bits per heavy atom. The molecule has 144 valence electrons. The molecule has 2 aromatic carbocycles. The highest BCUT2D eigenvalue weighted by Crippen LogP contribution is 2.24. The molecule has 0 fully saturated rings. The number of thiocarbonyl (C=S) groups is 1. The van der Waals surface area contributed by atoms with E-state index in [0.717, 1.165) is 29.1 Å². The fourth-order valence-electron chi connectivity index (χ4n) is 2.60. The van der Waals surface area contributed by atoms with Gasteiger partial charge in [0.1, 0.15) is 10.7 Å². The minimum atomic E-state index is -0.334. The standard InChI is InChI=1S/C21H22N4OS2/c1-3-14-8-10-16(11-9-14)20-23-18(13-28-20)19(26)24-25-21(27)22-17-7-5-6-15(4-2)12-17/h5-13H,3-4H2,1-2H3,(H,24,26)(H2,22,25,27). The monoisotopic (exact) mass is 410 g/mol. The zero-order chi connectivity index (χ0) is 19.9. The number of anilines is 1. The summed E-state index contributed by atoms with van der Waals surface area (Å²) in [4.78, 5) is 16.8. The molecule has 3 aromatic rings. The molecular weight excluding hydrogens is 388 g/mol. The van der Waals surface area contributed by atoms with E-state index < -0.39 is 0 Å². The Morgan fingerprint density at radius 3 is 2.50 bits per heavy atom. The lowest BCUT2D eigenvalue weighted by Gasteiger charge is -2.11. The van der Waals surface area contributed by atoms with Crippen molar-refractivity contribution in [2.24, 2.45) is 0 Å². The van der Waals surface area contributed by atoms with Crippen molar-refractivity contribution in [3.63, 3.8) is 0 Å².